The fraction of sp³-hybridized carbons (Fsp3) is 0.333. The Bertz CT molecular complexity index is 574. The lowest BCUT2D eigenvalue weighted by Crippen LogP contribution is -2.21. The van der Waals surface area contributed by atoms with Gasteiger partial charge in [0.05, 0.1) is 0 Å². The molecule has 0 radical (unpaired) electrons. The Kier molecular flexibility index (Phi) is 5.68. The van der Waals surface area contributed by atoms with Crippen molar-refractivity contribution in [2.75, 3.05) is 23.3 Å². The fourth-order valence-electron chi connectivity index (χ4n) is 2.37. The van der Waals surface area contributed by atoms with Crippen molar-refractivity contribution >= 4 is 27.3 Å². The van der Waals surface area contributed by atoms with Crippen LogP contribution in [0.4, 0.5) is 11.4 Å². The molecule has 0 aliphatic carbocycles. The van der Waals surface area contributed by atoms with Gasteiger partial charge in [-0.25, -0.2) is 0 Å². The van der Waals surface area contributed by atoms with Gasteiger partial charge in [0.1, 0.15) is 0 Å². The molecule has 1 N–H and O–H groups in total. The van der Waals surface area contributed by atoms with Gasteiger partial charge in [0.25, 0.3) is 0 Å². The zero-order chi connectivity index (χ0) is 15.2. The van der Waals surface area contributed by atoms with E-state index in [1.54, 1.807) is 0 Å². The molecule has 0 atom stereocenters. The summed E-state index contributed by atoms with van der Waals surface area (Å²) < 4.78 is 1.15. The van der Waals surface area contributed by atoms with E-state index in [-0.39, 0.29) is 0 Å². The molecule has 0 bridgehead atoms. The van der Waals surface area contributed by atoms with Crippen molar-refractivity contribution in [1.29, 1.82) is 0 Å². The number of anilines is 2. The van der Waals surface area contributed by atoms with E-state index in [2.05, 4.69) is 89.4 Å². The first-order valence-electron chi connectivity index (χ1n) is 7.48. The lowest BCUT2D eigenvalue weighted by Gasteiger charge is -2.21. The molecule has 3 heteroatoms. The summed E-state index contributed by atoms with van der Waals surface area (Å²) >= 11 is 3.53. The van der Waals surface area contributed by atoms with Crippen LogP contribution in [-0.2, 0) is 6.54 Å². The van der Waals surface area contributed by atoms with Crippen LogP contribution in [-0.4, -0.2) is 13.1 Å². The summed E-state index contributed by atoms with van der Waals surface area (Å²) in [5.41, 5.74) is 5.00. The van der Waals surface area contributed by atoms with Gasteiger partial charge in [0, 0.05) is 35.5 Å². The van der Waals surface area contributed by atoms with Gasteiger partial charge in [-0.3, -0.25) is 0 Å². The Labute approximate surface area is 136 Å². The molecule has 2 aromatic carbocycles. The first kappa shape index (κ1) is 15.9. The summed E-state index contributed by atoms with van der Waals surface area (Å²) in [7, 11) is 0. The number of halogens is 1. The maximum atomic E-state index is 3.53. The molecule has 2 aromatic rings. The van der Waals surface area contributed by atoms with Crippen LogP contribution in [0.15, 0.2) is 46.9 Å². The average Bonchev–Trinajstić information content (AvgIpc) is 2.51. The van der Waals surface area contributed by atoms with E-state index in [0.717, 1.165) is 29.8 Å². The zero-order valence-electron chi connectivity index (χ0n) is 13.0. The van der Waals surface area contributed by atoms with Crippen LogP contribution in [0.2, 0.25) is 0 Å². The minimum atomic E-state index is 0.847. The van der Waals surface area contributed by atoms with Crippen LogP contribution in [0, 0.1) is 6.92 Å². The summed E-state index contributed by atoms with van der Waals surface area (Å²) in [5.74, 6) is 0. The van der Waals surface area contributed by atoms with Crippen molar-refractivity contribution < 1.29 is 0 Å². The summed E-state index contributed by atoms with van der Waals surface area (Å²) in [6.07, 6.45) is 0. The highest BCUT2D eigenvalue weighted by Gasteiger charge is 2.02. The van der Waals surface area contributed by atoms with Crippen LogP contribution in [0.1, 0.15) is 25.0 Å². The second-order valence-corrected chi connectivity index (χ2v) is 6.01. The number of rotatable bonds is 6. The number of benzene rings is 2. The van der Waals surface area contributed by atoms with E-state index in [4.69, 9.17) is 0 Å². The largest absolute Gasteiger partial charge is 0.381 e. The third-order valence-corrected chi connectivity index (χ3v) is 4.61. The minimum absolute atomic E-state index is 0.847. The second-order valence-electron chi connectivity index (χ2n) is 5.16. The third kappa shape index (κ3) is 4.24. The van der Waals surface area contributed by atoms with Crippen LogP contribution >= 0.6 is 15.9 Å². The molecule has 0 spiro atoms. The molecule has 0 saturated carbocycles. The first-order chi connectivity index (χ1) is 10.1. The molecule has 0 saturated heterocycles. The number of nitrogens with zero attached hydrogens (tertiary/aromatic N) is 1. The van der Waals surface area contributed by atoms with E-state index in [9.17, 15) is 0 Å². The van der Waals surface area contributed by atoms with Gasteiger partial charge in [-0.1, -0.05) is 28.1 Å². The first-order valence-corrected chi connectivity index (χ1v) is 8.27. The summed E-state index contributed by atoms with van der Waals surface area (Å²) in [6.45, 7) is 9.43. The van der Waals surface area contributed by atoms with Gasteiger partial charge in [-0.15, -0.1) is 0 Å². The lowest BCUT2D eigenvalue weighted by molar-refractivity contribution is 0.865. The van der Waals surface area contributed by atoms with E-state index in [1.165, 1.54) is 16.8 Å². The lowest BCUT2D eigenvalue weighted by atomic mass is 10.1. The molecule has 0 aliphatic heterocycles. The monoisotopic (exact) mass is 346 g/mol. The van der Waals surface area contributed by atoms with E-state index < -0.39 is 0 Å². The van der Waals surface area contributed by atoms with Gasteiger partial charge in [-0.05, 0) is 62.2 Å². The smallest absolute Gasteiger partial charge is 0.0400 e. The summed E-state index contributed by atoms with van der Waals surface area (Å²) in [6, 6.07) is 15.2. The van der Waals surface area contributed by atoms with Crippen molar-refractivity contribution in [3.05, 3.63) is 58.1 Å². The zero-order valence-corrected chi connectivity index (χ0v) is 14.6. The van der Waals surface area contributed by atoms with Crippen LogP contribution in [0.25, 0.3) is 0 Å². The molecule has 0 amide bonds. The molecule has 2 nitrogen and oxygen atoms in total. The van der Waals surface area contributed by atoms with Crippen LogP contribution in [0.5, 0.6) is 0 Å². The standard InChI is InChI=1S/C18H23BrN2/c1-4-21(5-2)17-9-6-15(7-10-17)13-20-16-8-11-18(19)14(3)12-16/h6-12,20H,4-5,13H2,1-3H3. The molecule has 0 aliphatic rings. The molecule has 2 rings (SSSR count). The quantitative estimate of drug-likeness (QED) is 0.771. The van der Waals surface area contributed by atoms with E-state index >= 15 is 0 Å². The predicted octanol–water partition coefficient (Wildman–Crippen LogP) is 5.22. The maximum absolute atomic E-state index is 3.53. The molecule has 0 aromatic heterocycles. The van der Waals surface area contributed by atoms with Crippen molar-refractivity contribution in [2.45, 2.75) is 27.3 Å². The second kappa shape index (κ2) is 7.51. The number of hydrogen-bond donors (Lipinski definition) is 1. The Morgan fingerprint density at radius 3 is 2.24 bits per heavy atom. The highest BCUT2D eigenvalue weighted by atomic mass is 79.9. The number of hydrogen-bond acceptors (Lipinski definition) is 2. The highest BCUT2D eigenvalue weighted by Crippen LogP contribution is 2.21. The molecule has 0 heterocycles. The molecule has 21 heavy (non-hydrogen) atoms. The van der Waals surface area contributed by atoms with Gasteiger partial charge < -0.3 is 10.2 Å². The normalized spacial score (nSPS) is 10.5. The van der Waals surface area contributed by atoms with Crippen molar-refractivity contribution in [3.63, 3.8) is 0 Å². The molecule has 112 valence electrons. The minimum Gasteiger partial charge on any atom is -0.381 e. The van der Waals surface area contributed by atoms with Crippen LogP contribution in [0.3, 0.4) is 0 Å². The van der Waals surface area contributed by atoms with Gasteiger partial charge in [-0.2, -0.15) is 0 Å². The molecular formula is C18H23BrN2. The van der Waals surface area contributed by atoms with Crippen molar-refractivity contribution in [1.82, 2.24) is 0 Å². The Balaban J connectivity index is 1.98. The van der Waals surface area contributed by atoms with E-state index in [1.807, 2.05) is 0 Å². The maximum Gasteiger partial charge on any atom is 0.0400 e. The fourth-order valence-corrected chi connectivity index (χ4v) is 2.62. The predicted molar refractivity (Wildman–Crippen MR) is 96.2 cm³/mol. The summed E-state index contributed by atoms with van der Waals surface area (Å²) in [5, 5.41) is 3.47. The van der Waals surface area contributed by atoms with Crippen LogP contribution < -0.4 is 10.2 Å². The molecular weight excluding hydrogens is 324 g/mol. The highest BCUT2D eigenvalue weighted by molar-refractivity contribution is 9.10. The Morgan fingerprint density at radius 1 is 1.00 bits per heavy atom. The van der Waals surface area contributed by atoms with Crippen molar-refractivity contribution in [2.24, 2.45) is 0 Å². The number of aryl methyl sites for hydroxylation is 1. The van der Waals surface area contributed by atoms with Gasteiger partial charge in [0.15, 0.2) is 0 Å². The Hall–Kier alpha value is -1.48. The average molecular weight is 347 g/mol. The molecule has 0 unspecified atom stereocenters. The van der Waals surface area contributed by atoms with Gasteiger partial charge >= 0.3 is 0 Å². The van der Waals surface area contributed by atoms with E-state index in [0.29, 0.717) is 0 Å². The Morgan fingerprint density at radius 2 is 1.67 bits per heavy atom. The SMILES string of the molecule is CCN(CC)c1ccc(CNc2ccc(Br)c(C)c2)cc1. The van der Waals surface area contributed by atoms with Crippen molar-refractivity contribution in [3.8, 4) is 0 Å². The third-order valence-electron chi connectivity index (χ3n) is 3.72. The summed E-state index contributed by atoms with van der Waals surface area (Å²) in [4.78, 5) is 2.36. The van der Waals surface area contributed by atoms with Gasteiger partial charge in [0.2, 0.25) is 0 Å². The molecule has 0 fully saturated rings. The number of nitrogens with one attached hydrogen (secondary N) is 1. The topological polar surface area (TPSA) is 15.3 Å².